The normalized spacial score (nSPS) is 17.1. The Kier molecular flexibility index (Phi) is 14.4. The van der Waals surface area contributed by atoms with Crippen molar-refractivity contribution >= 4 is 23.7 Å². The first-order valence-electron chi connectivity index (χ1n) is 12.7. The van der Waals surface area contributed by atoms with Crippen molar-refractivity contribution in [3.8, 4) is 10.4 Å². The van der Waals surface area contributed by atoms with Crippen LogP contribution in [-0.2, 0) is 16.1 Å². The average molecular weight is 489 g/mol. The van der Waals surface area contributed by atoms with Gasteiger partial charge in [-0.05, 0) is 63.6 Å². The Balaban J connectivity index is 0.000000299. The van der Waals surface area contributed by atoms with Crippen LogP contribution in [0.1, 0.15) is 71.6 Å². The van der Waals surface area contributed by atoms with Gasteiger partial charge < -0.3 is 15.5 Å². The molecule has 6 nitrogen and oxygen atoms in total. The predicted molar refractivity (Wildman–Crippen MR) is 144 cm³/mol. The third-order valence-electron chi connectivity index (χ3n) is 5.86. The van der Waals surface area contributed by atoms with E-state index in [1.807, 2.05) is 59.3 Å². The Morgan fingerprint density at radius 2 is 1.82 bits per heavy atom. The van der Waals surface area contributed by atoms with Crippen molar-refractivity contribution in [3.63, 3.8) is 0 Å². The van der Waals surface area contributed by atoms with E-state index in [9.17, 15) is 9.59 Å². The molecule has 190 valence electrons. The van der Waals surface area contributed by atoms with Gasteiger partial charge in [0.2, 0.25) is 12.3 Å². The van der Waals surface area contributed by atoms with Gasteiger partial charge >= 0.3 is 0 Å². The molecule has 0 bridgehead atoms. The van der Waals surface area contributed by atoms with Crippen molar-refractivity contribution in [3.05, 3.63) is 41.0 Å². The van der Waals surface area contributed by atoms with Gasteiger partial charge in [-0.15, -0.1) is 11.3 Å². The van der Waals surface area contributed by atoms with Crippen molar-refractivity contribution in [1.29, 1.82) is 0 Å². The molecule has 4 rings (SSSR count). The number of likely N-dealkylation sites (N-methyl/N-ethyl adjacent to an activating group) is 1. The van der Waals surface area contributed by atoms with Gasteiger partial charge in [-0.1, -0.05) is 52.0 Å². The van der Waals surface area contributed by atoms with Crippen molar-refractivity contribution in [2.24, 2.45) is 5.92 Å². The van der Waals surface area contributed by atoms with Crippen LogP contribution in [-0.4, -0.2) is 47.9 Å². The highest BCUT2D eigenvalue weighted by molar-refractivity contribution is 7.13. The van der Waals surface area contributed by atoms with E-state index in [0.717, 1.165) is 17.8 Å². The van der Waals surface area contributed by atoms with Gasteiger partial charge in [-0.2, -0.15) is 0 Å². The molecular weight excluding hydrogens is 444 g/mol. The molecule has 34 heavy (non-hydrogen) atoms. The van der Waals surface area contributed by atoms with Crippen LogP contribution in [0.5, 0.6) is 0 Å². The number of thiazole rings is 1. The minimum absolute atomic E-state index is 0.0931. The van der Waals surface area contributed by atoms with Crippen LogP contribution in [0.4, 0.5) is 0 Å². The lowest BCUT2D eigenvalue weighted by molar-refractivity contribution is -0.134. The summed E-state index contributed by atoms with van der Waals surface area (Å²) in [5.41, 5.74) is 5.18. The summed E-state index contributed by atoms with van der Waals surface area (Å²) in [5.74, 6) is 0.945. The smallest absolute Gasteiger partial charge is 0.240 e. The van der Waals surface area contributed by atoms with Crippen LogP contribution in [0.3, 0.4) is 0 Å². The minimum atomic E-state index is 0.0931. The second-order valence-corrected chi connectivity index (χ2v) is 8.94. The number of nitrogens with one attached hydrogen (secondary N) is 2. The molecule has 2 unspecified atom stereocenters. The molecule has 2 fully saturated rings. The van der Waals surface area contributed by atoms with Crippen molar-refractivity contribution < 1.29 is 9.59 Å². The Labute approximate surface area is 210 Å². The number of carbonyl (C=O) groups is 2. The fraction of sp³-hybridized carbons (Fsp3) is 0.593. The first kappa shape index (κ1) is 29.8. The molecule has 1 aromatic heterocycles. The van der Waals surface area contributed by atoms with E-state index < -0.39 is 0 Å². The first-order valence-corrected chi connectivity index (χ1v) is 13.6. The largest absolute Gasteiger partial charge is 0.355 e. The number of aryl methyl sites for hydroxylation is 1. The molecule has 2 amide bonds. The molecule has 2 aromatic rings. The predicted octanol–water partition coefficient (Wildman–Crippen LogP) is 5.41. The van der Waals surface area contributed by atoms with Crippen molar-refractivity contribution in [1.82, 2.24) is 20.5 Å². The second kappa shape index (κ2) is 16.4. The van der Waals surface area contributed by atoms with Gasteiger partial charge in [0.1, 0.15) is 0 Å². The Hall–Kier alpha value is -2.25. The number of benzene rings is 1. The summed E-state index contributed by atoms with van der Waals surface area (Å²) in [6, 6.07) is 8.70. The van der Waals surface area contributed by atoms with E-state index in [0.29, 0.717) is 30.8 Å². The fourth-order valence-electron chi connectivity index (χ4n) is 3.94. The lowest BCUT2D eigenvalue weighted by Gasteiger charge is -2.26. The fourth-order valence-corrected chi connectivity index (χ4v) is 4.75. The van der Waals surface area contributed by atoms with E-state index in [-0.39, 0.29) is 6.04 Å². The third kappa shape index (κ3) is 8.84. The number of nitrogens with zero attached hydrogens (tertiary/aromatic N) is 2. The molecule has 1 aliphatic heterocycles. The first-order chi connectivity index (χ1) is 16.5. The van der Waals surface area contributed by atoms with E-state index in [2.05, 4.69) is 39.6 Å². The summed E-state index contributed by atoms with van der Waals surface area (Å²) in [4.78, 5) is 29.8. The quantitative estimate of drug-likeness (QED) is 0.511. The van der Waals surface area contributed by atoms with E-state index in [1.54, 1.807) is 11.3 Å². The number of carbonyl (C=O) groups excluding carboxylic acids is 2. The van der Waals surface area contributed by atoms with Crippen LogP contribution in [0, 0.1) is 12.8 Å². The summed E-state index contributed by atoms with van der Waals surface area (Å²) in [6.07, 6.45) is 5.50. The van der Waals surface area contributed by atoms with Crippen molar-refractivity contribution in [2.45, 2.75) is 85.9 Å². The van der Waals surface area contributed by atoms with Gasteiger partial charge in [-0.3, -0.25) is 9.59 Å². The molecule has 2 aliphatic rings. The molecule has 0 radical (unpaired) electrons. The number of hydrogen-bond donors (Lipinski definition) is 2. The average Bonchev–Trinajstić information content (AvgIpc) is 3.47. The highest BCUT2D eigenvalue weighted by Gasteiger charge is 2.39. The highest BCUT2D eigenvalue weighted by Crippen LogP contribution is 2.34. The monoisotopic (exact) mass is 488 g/mol. The number of aromatic nitrogens is 1. The van der Waals surface area contributed by atoms with Gasteiger partial charge in [0, 0.05) is 19.1 Å². The topological polar surface area (TPSA) is 74.3 Å². The van der Waals surface area contributed by atoms with Gasteiger partial charge in [-0.25, -0.2) is 4.98 Å². The number of amides is 2. The zero-order valence-electron chi connectivity index (χ0n) is 22.1. The van der Waals surface area contributed by atoms with E-state index >= 15 is 0 Å². The molecule has 1 saturated heterocycles. The zero-order valence-corrected chi connectivity index (χ0v) is 22.9. The zero-order chi connectivity index (χ0) is 25.5. The molecule has 1 saturated carbocycles. The minimum Gasteiger partial charge on any atom is -0.355 e. The van der Waals surface area contributed by atoms with Gasteiger partial charge in [0.15, 0.2) is 0 Å². The lowest BCUT2D eigenvalue weighted by atomic mass is 10.1. The maximum Gasteiger partial charge on any atom is 0.240 e. The Bertz CT molecular complexity index is 829. The van der Waals surface area contributed by atoms with Crippen LogP contribution in [0.2, 0.25) is 0 Å². The SMILES string of the molecule is CC.CC.CNC(C(=O)N1CCCC1C)C1CC1.Cc1ncsc1-c1ccc(CNC=O)cc1. The lowest BCUT2D eigenvalue weighted by Crippen LogP contribution is -2.47. The third-order valence-corrected chi connectivity index (χ3v) is 6.84. The molecule has 0 spiro atoms. The Morgan fingerprint density at radius 1 is 1.18 bits per heavy atom. The number of likely N-dealkylation sites (tertiary alicyclic amines) is 1. The summed E-state index contributed by atoms with van der Waals surface area (Å²) in [5, 5.41) is 5.81. The summed E-state index contributed by atoms with van der Waals surface area (Å²) in [7, 11) is 1.90. The standard InChI is InChI=1S/C12H12N2OS.C11H20N2O.2C2H6/c1-9-12(16-8-14-9)11-4-2-10(3-5-11)6-13-7-15;1-8-4-3-7-13(8)11(14)10(12-2)9-5-6-9;2*1-2/h2-5,7-8H,6H2,1H3,(H,13,15);8-10,12H,3-7H2,1-2H3;2*1-2H3. The van der Waals surface area contributed by atoms with Crippen LogP contribution in [0.15, 0.2) is 29.8 Å². The van der Waals surface area contributed by atoms with E-state index in [1.165, 1.54) is 36.1 Å². The van der Waals surface area contributed by atoms with Crippen molar-refractivity contribution in [2.75, 3.05) is 13.6 Å². The maximum absolute atomic E-state index is 12.1. The maximum atomic E-state index is 12.1. The van der Waals surface area contributed by atoms with Gasteiger partial charge in [0.25, 0.3) is 0 Å². The molecule has 7 heteroatoms. The molecule has 2 N–H and O–H groups in total. The summed E-state index contributed by atoms with van der Waals surface area (Å²) >= 11 is 1.64. The second-order valence-electron chi connectivity index (χ2n) is 8.09. The molecule has 1 aromatic carbocycles. The van der Waals surface area contributed by atoms with Gasteiger partial charge in [0.05, 0.1) is 22.1 Å². The summed E-state index contributed by atoms with van der Waals surface area (Å²) in [6.45, 7) is 13.7. The molecule has 1 aliphatic carbocycles. The summed E-state index contributed by atoms with van der Waals surface area (Å²) < 4.78 is 0. The number of hydrogen-bond acceptors (Lipinski definition) is 5. The van der Waals surface area contributed by atoms with Crippen LogP contribution < -0.4 is 10.6 Å². The van der Waals surface area contributed by atoms with E-state index in [4.69, 9.17) is 0 Å². The van der Waals surface area contributed by atoms with Crippen LogP contribution in [0.25, 0.3) is 10.4 Å². The Morgan fingerprint density at radius 3 is 2.26 bits per heavy atom. The molecular formula is C27H44N4O2S. The van der Waals surface area contributed by atoms with Crippen LogP contribution >= 0.6 is 11.3 Å². The molecule has 2 atom stereocenters. The number of rotatable bonds is 7. The molecule has 2 heterocycles. The highest BCUT2D eigenvalue weighted by atomic mass is 32.1.